The zero-order valence-electron chi connectivity index (χ0n) is 12.2. The molecular weight excluding hydrogens is 326 g/mol. The Morgan fingerprint density at radius 2 is 2.10 bits per heavy atom. The van der Waals surface area contributed by atoms with E-state index in [1.807, 2.05) is 12.1 Å². The number of nitrogens with one attached hydrogen (secondary N) is 1. The van der Waals surface area contributed by atoms with Gasteiger partial charge in [0.1, 0.15) is 5.75 Å². The summed E-state index contributed by atoms with van der Waals surface area (Å²) in [6.07, 6.45) is 3.48. The number of aryl methyl sites for hydroxylation is 1. The lowest BCUT2D eigenvalue weighted by Gasteiger charge is -2.26. The van der Waals surface area contributed by atoms with Crippen LogP contribution in [0.3, 0.4) is 0 Å². The quantitative estimate of drug-likeness (QED) is 0.900. The normalized spacial score (nSPS) is 17.3. The fourth-order valence-corrected chi connectivity index (χ4v) is 3.35. The maximum Gasteiger partial charge on any atom is 0.119 e. The van der Waals surface area contributed by atoms with E-state index in [1.54, 1.807) is 7.11 Å². The molecule has 21 heavy (non-hydrogen) atoms. The molecule has 110 valence electrons. The van der Waals surface area contributed by atoms with Gasteiger partial charge in [0.2, 0.25) is 0 Å². The van der Waals surface area contributed by atoms with Gasteiger partial charge in [-0.05, 0) is 60.2 Å². The van der Waals surface area contributed by atoms with Crippen molar-refractivity contribution >= 4 is 15.9 Å². The molecule has 3 rings (SSSR count). The van der Waals surface area contributed by atoms with Crippen LogP contribution in [0.1, 0.15) is 23.1 Å². The molecule has 1 N–H and O–H groups in total. The third-order valence-electron chi connectivity index (χ3n) is 4.13. The first-order valence-corrected chi connectivity index (χ1v) is 8.17. The molecule has 1 aliphatic rings. The van der Waals surface area contributed by atoms with Gasteiger partial charge >= 0.3 is 0 Å². The highest BCUT2D eigenvalue weighted by Gasteiger charge is 2.18. The lowest BCUT2D eigenvalue weighted by molar-refractivity contribution is 0.413. The van der Waals surface area contributed by atoms with Crippen LogP contribution in [-0.4, -0.2) is 13.2 Å². The second-order valence-electron chi connectivity index (χ2n) is 5.59. The number of rotatable bonds is 4. The Balaban J connectivity index is 1.61. The van der Waals surface area contributed by atoms with Crippen molar-refractivity contribution in [2.24, 2.45) is 0 Å². The van der Waals surface area contributed by atoms with Crippen LogP contribution >= 0.6 is 15.9 Å². The zero-order chi connectivity index (χ0) is 14.7. The van der Waals surface area contributed by atoms with Gasteiger partial charge in [0.25, 0.3) is 0 Å². The van der Waals surface area contributed by atoms with Gasteiger partial charge in [-0.1, -0.05) is 34.1 Å². The van der Waals surface area contributed by atoms with Crippen LogP contribution < -0.4 is 10.1 Å². The molecule has 2 aromatic rings. The summed E-state index contributed by atoms with van der Waals surface area (Å²) in [5.41, 5.74) is 4.24. The molecule has 0 saturated carbocycles. The monoisotopic (exact) mass is 345 g/mol. The molecule has 1 atom stereocenters. The van der Waals surface area contributed by atoms with Gasteiger partial charge in [-0.2, -0.15) is 0 Å². The molecule has 0 aliphatic heterocycles. The van der Waals surface area contributed by atoms with Crippen LogP contribution in [0.4, 0.5) is 0 Å². The van der Waals surface area contributed by atoms with Crippen LogP contribution in [0.5, 0.6) is 5.75 Å². The van der Waals surface area contributed by atoms with E-state index in [1.165, 1.54) is 27.6 Å². The molecular formula is C18H20BrNO. The summed E-state index contributed by atoms with van der Waals surface area (Å²) in [6.45, 7) is 0.897. The first-order valence-electron chi connectivity index (χ1n) is 7.38. The maximum atomic E-state index is 5.27. The summed E-state index contributed by atoms with van der Waals surface area (Å²) in [5.74, 6) is 0.924. The first-order chi connectivity index (χ1) is 10.2. The van der Waals surface area contributed by atoms with Crippen LogP contribution in [0.15, 0.2) is 46.9 Å². The molecule has 1 unspecified atom stereocenters. The Labute approximate surface area is 134 Å². The molecule has 0 heterocycles. The van der Waals surface area contributed by atoms with Crippen LogP contribution in [0.2, 0.25) is 0 Å². The van der Waals surface area contributed by atoms with Crippen LogP contribution in [-0.2, 0) is 19.4 Å². The summed E-state index contributed by atoms with van der Waals surface area (Å²) in [7, 11) is 1.71. The molecule has 2 aromatic carbocycles. The summed E-state index contributed by atoms with van der Waals surface area (Å²) >= 11 is 3.55. The minimum Gasteiger partial charge on any atom is -0.497 e. The Bertz CT molecular complexity index is 626. The Morgan fingerprint density at radius 3 is 2.95 bits per heavy atom. The van der Waals surface area contributed by atoms with E-state index in [2.05, 4.69) is 51.6 Å². The summed E-state index contributed by atoms with van der Waals surface area (Å²) < 4.78 is 6.46. The van der Waals surface area contributed by atoms with Crippen LogP contribution in [0, 0.1) is 0 Å². The first kappa shape index (κ1) is 14.6. The van der Waals surface area contributed by atoms with E-state index in [0.29, 0.717) is 6.04 Å². The Kier molecular flexibility index (Phi) is 4.61. The van der Waals surface area contributed by atoms with Gasteiger partial charge in [0.15, 0.2) is 0 Å². The van der Waals surface area contributed by atoms with Crippen molar-refractivity contribution in [3.8, 4) is 5.75 Å². The van der Waals surface area contributed by atoms with E-state index < -0.39 is 0 Å². The molecule has 0 amide bonds. The second-order valence-corrected chi connectivity index (χ2v) is 6.50. The molecule has 0 spiro atoms. The molecule has 1 aliphatic carbocycles. The lowest BCUT2D eigenvalue weighted by Crippen LogP contribution is -2.34. The average molecular weight is 346 g/mol. The van der Waals surface area contributed by atoms with Gasteiger partial charge in [-0.3, -0.25) is 0 Å². The predicted molar refractivity (Wildman–Crippen MR) is 89.8 cm³/mol. The molecule has 2 nitrogen and oxygen atoms in total. The van der Waals surface area contributed by atoms with E-state index in [4.69, 9.17) is 4.74 Å². The van der Waals surface area contributed by atoms with E-state index >= 15 is 0 Å². The molecule has 0 bridgehead atoms. The fourth-order valence-electron chi connectivity index (χ4n) is 2.94. The number of methoxy groups -OCH3 is 1. The number of ether oxygens (including phenoxy) is 1. The summed E-state index contributed by atoms with van der Waals surface area (Å²) in [6, 6.07) is 15.5. The SMILES string of the molecule is COc1cccc(CNC2CCc3cc(Br)ccc3C2)c1. The van der Waals surface area contributed by atoms with E-state index in [-0.39, 0.29) is 0 Å². The third kappa shape index (κ3) is 3.66. The van der Waals surface area contributed by atoms with E-state index in [9.17, 15) is 0 Å². The summed E-state index contributed by atoms with van der Waals surface area (Å²) in [4.78, 5) is 0. The van der Waals surface area contributed by atoms with Crippen molar-refractivity contribution < 1.29 is 4.74 Å². The summed E-state index contributed by atoms with van der Waals surface area (Å²) in [5, 5.41) is 3.68. The number of fused-ring (bicyclic) bond motifs is 1. The molecule has 0 saturated heterocycles. The number of hydrogen-bond acceptors (Lipinski definition) is 2. The topological polar surface area (TPSA) is 21.3 Å². The van der Waals surface area contributed by atoms with Gasteiger partial charge in [0.05, 0.1) is 7.11 Å². The van der Waals surface area contributed by atoms with Crippen molar-refractivity contribution in [1.82, 2.24) is 5.32 Å². The van der Waals surface area contributed by atoms with Gasteiger partial charge in [-0.25, -0.2) is 0 Å². The minimum atomic E-state index is 0.560. The standard InChI is InChI=1S/C18H20BrNO/c1-21-18-4-2-3-13(9-18)12-20-17-8-6-14-10-16(19)7-5-15(14)11-17/h2-5,7,9-10,17,20H,6,8,11-12H2,1H3. The van der Waals surface area contributed by atoms with Gasteiger partial charge in [0, 0.05) is 17.1 Å². The molecule has 0 fully saturated rings. The highest BCUT2D eigenvalue weighted by atomic mass is 79.9. The largest absolute Gasteiger partial charge is 0.497 e. The average Bonchev–Trinajstić information content (AvgIpc) is 2.53. The Morgan fingerprint density at radius 1 is 1.19 bits per heavy atom. The minimum absolute atomic E-state index is 0.560. The maximum absolute atomic E-state index is 5.27. The highest BCUT2D eigenvalue weighted by molar-refractivity contribution is 9.10. The molecule has 0 radical (unpaired) electrons. The van der Waals surface area contributed by atoms with Crippen molar-refractivity contribution in [2.45, 2.75) is 31.8 Å². The number of benzene rings is 2. The van der Waals surface area contributed by atoms with E-state index in [0.717, 1.165) is 25.1 Å². The number of hydrogen-bond donors (Lipinski definition) is 1. The third-order valence-corrected chi connectivity index (χ3v) is 4.62. The zero-order valence-corrected chi connectivity index (χ0v) is 13.8. The number of halogens is 1. The molecule has 3 heteroatoms. The lowest BCUT2D eigenvalue weighted by atomic mass is 9.88. The van der Waals surface area contributed by atoms with Crippen molar-refractivity contribution in [2.75, 3.05) is 7.11 Å². The van der Waals surface area contributed by atoms with Crippen LogP contribution in [0.25, 0.3) is 0 Å². The van der Waals surface area contributed by atoms with Gasteiger partial charge < -0.3 is 10.1 Å². The highest BCUT2D eigenvalue weighted by Crippen LogP contribution is 2.25. The predicted octanol–water partition coefficient (Wildman–Crippen LogP) is 4.10. The van der Waals surface area contributed by atoms with Crippen molar-refractivity contribution in [3.63, 3.8) is 0 Å². The van der Waals surface area contributed by atoms with Gasteiger partial charge in [-0.15, -0.1) is 0 Å². The molecule has 0 aromatic heterocycles. The van der Waals surface area contributed by atoms with Crippen molar-refractivity contribution in [3.05, 3.63) is 63.6 Å². The van der Waals surface area contributed by atoms with Crippen molar-refractivity contribution in [1.29, 1.82) is 0 Å². The smallest absolute Gasteiger partial charge is 0.119 e. The second kappa shape index (κ2) is 6.63. The Hall–Kier alpha value is -1.32. The fraction of sp³-hybridized carbons (Fsp3) is 0.333.